The average Bonchev–Trinajstić information content (AvgIpc) is 2.81. The van der Waals surface area contributed by atoms with Crippen LogP contribution in [0, 0.1) is 23.7 Å². The lowest BCUT2D eigenvalue weighted by Crippen LogP contribution is -2.66. The van der Waals surface area contributed by atoms with Crippen LogP contribution in [0.3, 0.4) is 0 Å². The molecule has 192 valence electrons. The molecule has 35 heavy (non-hydrogen) atoms. The minimum absolute atomic E-state index is 0.0628. The third-order valence-corrected chi connectivity index (χ3v) is 8.70. The van der Waals surface area contributed by atoms with E-state index in [0.29, 0.717) is 43.2 Å². The second kappa shape index (κ2) is 9.26. The average molecular weight is 494 g/mol. The van der Waals surface area contributed by atoms with Crippen LogP contribution in [0.25, 0.3) is 0 Å². The number of carbonyl (C=O) groups is 2. The van der Waals surface area contributed by atoms with Crippen LogP contribution < -0.4 is 15.5 Å². The van der Waals surface area contributed by atoms with Crippen molar-refractivity contribution in [3.63, 3.8) is 0 Å². The van der Waals surface area contributed by atoms with Crippen LogP contribution in [0.5, 0.6) is 0 Å². The Kier molecular flexibility index (Phi) is 6.44. The van der Waals surface area contributed by atoms with Gasteiger partial charge < -0.3 is 15.5 Å². The van der Waals surface area contributed by atoms with Crippen molar-refractivity contribution >= 4 is 18.1 Å². The quantitative estimate of drug-likeness (QED) is 0.572. The monoisotopic (exact) mass is 493 g/mol. The van der Waals surface area contributed by atoms with Gasteiger partial charge in [-0.15, -0.1) is 0 Å². The highest BCUT2D eigenvalue weighted by Crippen LogP contribution is 2.55. The van der Waals surface area contributed by atoms with Crippen molar-refractivity contribution in [2.75, 3.05) is 37.6 Å². The van der Waals surface area contributed by atoms with Gasteiger partial charge in [0, 0.05) is 56.4 Å². The lowest BCUT2D eigenvalue weighted by molar-refractivity contribution is -0.137. The number of pyridine rings is 1. The Hall–Kier alpha value is -2.36. The first-order valence-electron chi connectivity index (χ1n) is 12.7. The van der Waals surface area contributed by atoms with Gasteiger partial charge in [-0.2, -0.15) is 13.2 Å². The second-order valence-corrected chi connectivity index (χ2v) is 11.1. The minimum atomic E-state index is -4.38. The van der Waals surface area contributed by atoms with Gasteiger partial charge in [0.05, 0.1) is 5.56 Å². The fourth-order valence-electron chi connectivity index (χ4n) is 7.24. The summed E-state index contributed by atoms with van der Waals surface area (Å²) in [5.41, 5.74) is -0.804. The number of amides is 2. The Morgan fingerprint density at radius 1 is 1.17 bits per heavy atom. The number of hydrogen-bond acceptors (Lipinski definition) is 5. The van der Waals surface area contributed by atoms with E-state index < -0.39 is 11.7 Å². The molecule has 2 heterocycles. The van der Waals surface area contributed by atoms with Gasteiger partial charge >= 0.3 is 6.18 Å². The van der Waals surface area contributed by atoms with Gasteiger partial charge in [0.2, 0.25) is 12.3 Å². The molecule has 0 aromatic carbocycles. The largest absolute Gasteiger partial charge is 0.417 e. The second-order valence-electron chi connectivity index (χ2n) is 11.1. The lowest BCUT2D eigenvalue weighted by atomic mass is 9.51. The number of anilines is 1. The molecule has 1 aromatic rings. The summed E-state index contributed by atoms with van der Waals surface area (Å²) in [6, 6.07) is 2.70. The van der Waals surface area contributed by atoms with Crippen LogP contribution in [0.1, 0.15) is 44.6 Å². The molecular formula is C25H34F3N5O2. The fourth-order valence-corrected chi connectivity index (χ4v) is 7.24. The molecule has 4 saturated carbocycles. The molecule has 3 atom stereocenters. The summed E-state index contributed by atoms with van der Waals surface area (Å²) in [5.74, 6) is 2.01. The maximum absolute atomic E-state index is 13.1. The highest BCUT2D eigenvalue weighted by atomic mass is 19.4. The number of nitrogens with zero attached hydrogens (tertiary/aromatic N) is 3. The molecule has 5 aliphatic rings. The first-order valence-corrected chi connectivity index (χ1v) is 12.7. The highest BCUT2D eigenvalue weighted by Gasteiger charge is 2.55. The molecule has 6 rings (SSSR count). The van der Waals surface area contributed by atoms with Gasteiger partial charge in [-0.05, 0) is 62.0 Å². The topological polar surface area (TPSA) is 77.6 Å². The van der Waals surface area contributed by atoms with Gasteiger partial charge in [-0.3, -0.25) is 14.5 Å². The van der Waals surface area contributed by atoms with Crippen molar-refractivity contribution in [2.24, 2.45) is 23.7 Å². The number of nitrogens with one attached hydrogen (secondary N) is 2. The number of alkyl halides is 3. The van der Waals surface area contributed by atoms with E-state index in [-0.39, 0.29) is 23.4 Å². The summed E-state index contributed by atoms with van der Waals surface area (Å²) in [4.78, 5) is 32.5. The fraction of sp³-hybridized carbons (Fsp3) is 0.720. The molecule has 0 spiro atoms. The molecule has 2 N–H and O–H groups in total. The molecular weight excluding hydrogens is 459 g/mol. The zero-order chi connectivity index (χ0) is 24.8. The van der Waals surface area contributed by atoms with E-state index in [9.17, 15) is 22.8 Å². The molecule has 1 saturated heterocycles. The molecule has 1 aliphatic heterocycles. The number of piperazine rings is 1. The predicted molar refractivity (Wildman–Crippen MR) is 124 cm³/mol. The molecule has 10 heteroatoms. The number of halogens is 3. The summed E-state index contributed by atoms with van der Waals surface area (Å²) >= 11 is 0. The maximum Gasteiger partial charge on any atom is 0.417 e. The normalized spacial score (nSPS) is 33.4. The number of hydrogen-bond donors (Lipinski definition) is 2. The van der Waals surface area contributed by atoms with Crippen LogP contribution in [-0.2, 0) is 15.8 Å². The third-order valence-electron chi connectivity index (χ3n) is 8.70. The summed E-state index contributed by atoms with van der Waals surface area (Å²) in [5, 5.41) is 6.48. The predicted octanol–water partition coefficient (Wildman–Crippen LogP) is 2.67. The molecule has 3 unspecified atom stereocenters. The van der Waals surface area contributed by atoms with Gasteiger partial charge in [0.1, 0.15) is 5.82 Å². The maximum atomic E-state index is 13.1. The molecule has 5 fully saturated rings. The van der Waals surface area contributed by atoms with Crippen molar-refractivity contribution in [2.45, 2.75) is 56.8 Å². The third kappa shape index (κ3) is 4.99. The van der Waals surface area contributed by atoms with Crippen molar-refractivity contribution in [1.82, 2.24) is 20.5 Å². The van der Waals surface area contributed by atoms with E-state index in [1.165, 1.54) is 6.07 Å². The zero-order valence-electron chi connectivity index (χ0n) is 20.1. The van der Waals surface area contributed by atoms with Gasteiger partial charge in [-0.25, -0.2) is 4.98 Å². The molecule has 4 aliphatic carbocycles. The Morgan fingerprint density at radius 3 is 2.43 bits per heavy atom. The van der Waals surface area contributed by atoms with Crippen LogP contribution in [0.4, 0.5) is 19.0 Å². The van der Waals surface area contributed by atoms with E-state index in [0.717, 1.165) is 63.9 Å². The molecule has 1 aromatic heterocycles. The van der Waals surface area contributed by atoms with E-state index in [1.807, 2.05) is 11.8 Å². The van der Waals surface area contributed by atoms with E-state index >= 15 is 0 Å². The Labute approximate surface area is 203 Å². The first-order chi connectivity index (χ1) is 16.7. The van der Waals surface area contributed by atoms with Gasteiger partial charge in [0.15, 0.2) is 0 Å². The Balaban J connectivity index is 1.10. The van der Waals surface area contributed by atoms with Gasteiger partial charge in [0.25, 0.3) is 0 Å². The zero-order valence-corrected chi connectivity index (χ0v) is 20.1. The lowest BCUT2D eigenvalue weighted by Gasteiger charge is -2.60. The number of aromatic nitrogens is 1. The van der Waals surface area contributed by atoms with Gasteiger partial charge in [-0.1, -0.05) is 6.92 Å². The number of rotatable bonds is 7. The SMILES string of the molecule is CC(CN1CCN(c2ccc(C(F)(F)F)cn2)CC1)C(=O)NC1C2CC3CC1CC(NC=O)(C3)C2. The summed E-state index contributed by atoms with van der Waals surface area (Å²) in [6.45, 7) is 5.40. The summed E-state index contributed by atoms with van der Waals surface area (Å²) in [7, 11) is 0. The Morgan fingerprint density at radius 2 is 1.86 bits per heavy atom. The standard InChI is InChI=1S/C25H34F3N5O2/c1-16(14-32-4-6-33(7-5-32)21-3-2-20(13-29-21)25(26,27)28)23(35)31-22-18-8-17-9-19(22)12-24(10-17,11-18)30-15-34/h2-3,13,15-19,22H,4-12,14H2,1H3,(H,30,34)(H,31,35). The summed E-state index contributed by atoms with van der Waals surface area (Å²) < 4.78 is 38.3. The van der Waals surface area contributed by atoms with E-state index in [2.05, 4.69) is 20.5 Å². The molecule has 7 nitrogen and oxygen atoms in total. The van der Waals surface area contributed by atoms with Crippen molar-refractivity contribution in [3.8, 4) is 0 Å². The number of carbonyl (C=O) groups excluding carboxylic acids is 2. The summed E-state index contributed by atoms with van der Waals surface area (Å²) in [6.07, 6.45) is 2.60. The first kappa shape index (κ1) is 24.3. The van der Waals surface area contributed by atoms with Crippen LogP contribution in [-0.4, -0.2) is 66.5 Å². The molecule has 4 bridgehead atoms. The molecule has 2 amide bonds. The smallest absolute Gasteiger partial charge is 0.354 e. The van der Waals surface area contributed by atoms with E-state index in [4.69, 9.17) is 0 Å². The van der Waals surface area contributed by atoms with Crippen LogP contribution in [0.2, 0.25) is 0 Å². The Bertz CT molecular complexity index is 916. The van der Waals surface area contributed by atoms with Crippen molar-refractivity contribution < 1.29 is 22.8 Å². The minimum Gasteiger partial charge on any atom is -0.354 e. The molecule has 0 radical (unpaired) electrons. The van der Waals surface area contributed by atoms with Crippen LogP contribution in [0.15, 0.2) is 18.3 Å². The van der Waals surface area contributed by atoms with Crippen molar-refractivity contribution in [1.29, 1.82) is 0 Å². The highest BCUT2D eigenvalue weighted by molar-refractivity contribution is 5.79. The van der Waals surface area contributed by atoms with Crippen molar-refractivity contribution in [3.05, 3.63) is 23.9 Å². The van der Waals surface area contributed by atoms with Crippen LogP contribution >= 0.6 is 0 Å². The van der Waals surface area contributed by atoms with E-state index in [1.54, 1.807) is 0 Å².